The minimum Gasteiger partial charge on any atom is -0.350 e. The quantitative estimate of drug-likeness (QED) is 0.456. The summed E-state index contributed by atoms with van der Waals surface area (Å²) in [6.07, 6.45) is 3.74. The van der Waals surface area contributed by atoms with Crippen molar-refractivity contribution in [3.8, 4) is 0 Å². The zero-order valence-electron chi connectivity index (χ0n) is 18.8. The predicted molar refractivity (Wildman–Crippen MR) is 112 cm³/mol. The van der Waals surface area contributed by atoms with Gasteiger partial charge in [0.2, 0.25) is 24.1 Å². The van der Waals surface area contributed by atoms with Crippen molar-refractivity contribution in [3.05, 3.63) is 11.6 Å². The third kappa shape index (κ3) is 6.30. The molecule has 0 aromatic heterocycles. The summed E-state index contributed by atoms with van der Waals surface area (Å²) in [5, 5.41) is 2.37. The van der Waals surface area contributed by atoms with Gasteiger partial charge in [-0.1, -0.05) is 19.9 Å². The van der Waals surface area contributed by atoms with Crippen LogP contribution in [0.5, 0.6) is 0 Å². The van der Waals surface area contributed by atoms with Gasteiger partial charge in [0.15, 0.2) is 0 Å². The van der Waals surface area contributed by atoms with Gasteiger partial charge >= 0.3 is 0 Å². The van der Waals surface area contributed by atoms with Crippen LogP contribution < -0.4 is 5.32 Å². The molecule has 0 radical (unpaired) electrons. The van der Waals surface area contributed by atoms with Crippen LogP contribution in [-0.4, -0.2) is 84.1 Å². The summed E-state index contributed by atoms with van der Waals surface area (Å²) in [4.78, 5) is 53.5. The minimum atomic E-state index is -0.438. The largest absolute Gasteiger partial charge is 0.350 e. The highest BCUT2D eigenvalue weighted by molar-refractivity contribution is 5.97. The third-order valence-corrected chi connectivity index (χ3v) is 5.54. The fourth-order valence-corrected chi connectivity index (χ4v) is 3.48. The van der Waals surface area contributed by atoms with Crippen molar-refractivity contribution in [1.29, 1.82) is 0 Å². The number of nitrogens with zero attached hydrogens (tertiary/aromatic N) is 3. The van der Waals surface area contributed by atoms with Gasteiger partial charge in [-0.25, -0.2) is 0 Å². The number of hydrogen-bond donors (Lipinski definition) is 1. The summed E-state index contributed by atoms with van der Waals surface area (Å²) in [7, 11) is 3.42. The molecule has 0 spiro atoms. The Kier molecular flexibility index (Phi) is 9.33. The molecule has 1 rings (SSSR count). The van der Waals surface area contributed by atoms with Crippen LogP contribution in [-0.2, 0) is 19.2 Å². The molecule has 1 heterocycles. The van der Waals surface area contributed by atoms with Gasteiger partial charge in [0, 0.05) is 32.3 Å². The maximum absolute atomic E-state index is 13.1. The van der Waals surface area contributed by atoms with E-state index in [0.717, 1.165) is 6.42 Å². The summed E-state index contributed by atoms with van der Waals surface area (Å²) >= 11 is 0. The van der Waals surface area contributed by atoms with Gasteiger partial charge < -0.3 is 20.0 Å². The second-order valence-electron chi connectivity index (χ2n) is 8.29. The van der Waals surface area contributed by atoms with Crippen LogP contribution in [0, 0.1) is 5.92 Å². The number of hydrogen-bond acceptors (Lipinski definition) is 4. The summed E-state index contributed by atoms with van der Waals surface area (Å²) in [6, 6.07) is -0.663. The molecular weight excluding hydrogens is 372 g/mol. The van der Waals surface area contributed by atoms with Crippen molar-refractivity contribution in [2.45, 2.75) is 65.6 Å². The van der Waals surface area contributed by atoms with Gasteiger partial charge in [-0.3, -0.25) is 19.2 Å². The minimum absolute atomic E-state index is 0.0358. The first-order chi connectivity index (χ1) is 13.5. The van der Waals surface area contributed by atoms with Gasteiger partial charge in [0.1, 0.15) is 6.04 Å². The molecule has 0 aromatic rings. The first-order valence-electron chi connectivity index (χ1n) is 10.2. The van der Waals surface area contributed by atoms with Crippen molar-refractivity contribution in [1.82, 2.24) is 20.0 Å². The van der Waals surface area contributed by atoms with E-state index in [1.807, 2.05) is 27.7 Å². The van der Waals surface area contributed by atoms with E-state index >= 15 is 0 Å². The van der Waals surface area contributed by atoms with Gasteiger partial charge in [-0.2, -0.15) is 0 Å². The highest BCUT2D eigenvalue weighted by Crippen LogP contribution is 2.23. The highest BCUT2D eigenvalue weighted by Gasteiger charge is 2.36. The highest BCUT2D eigenvalue weighted by atomic mass is 16.2. The number of likely N-dealkylation sites (N-methyl/N-ethyl adjacent to an activating group) is 2. The van der Waals surface area contributed by atoms with Crippen LogP contribution in [0.4, 0.5) is 0 Å². The first kappa shape index (κ1) is 24.7. The maximum Gasteiger partial charge on any atom is 0.249 e. The smallest absolute Gasteiger partial charge is 0.249 e. The summed E-state index contributed by atoms with van der Waals surface area (Å²) < 4.78 is 0. The summed E-state index contributed by atoms with van der Waals surface area (Å²) in [5.41, 5.74) is 0.513. The van der Waals surface area contributed by atoms with E-state index in [1.165, 1.54) is 4.90 Å². The van der Waals surface area contributed by atoms with Gasteiger partial charge in [-0.05, 0) is 39.5 Å². The lowest BCUT2D eigenvalue weighted by Crippen LogP contribution is -2.49. The Labute approximate surface area is 174 Å². The van der Waals surface area contributed by atoms with Crippen LogP contribution in [0.3, 0.4) is 0 Å². The molecule has 0 saturated carbocycles. The van der Waals surface area contributed by atoms with E-state index in [1.54, 1.807) is 36.9 Å². The molecule has 0 bridgehead atoms. The van der Waals surface area contributed by atoms with Crippen molar-refractivity contribution in [3.63, 3.8) is 0 Å². The van der Waals surface area contributed by atoms with E-state index < -0.39 is 6.04 Å². The molecule has 29 heavy (non-hydrogen) atoms. The van der Waals surface area contributed by atoms with Crippen LogP contribution in [0.25, 0.3) is 0 Å². The van der Waals surface area contributed by atoms with E-state index in [-0.39, 0.29) is 42.3 Å². The van der Waals surface area contributed by atoms with E-state index in [2.05, 4.69) is 5.32 Å². The third-order valence-electron chi connectivity index (χ3n) is 5.54. The molecule has 8 nitrogen and oxygen atoms in total. The first-order valence-corrected chi connectivity index (χ1v) is 10.2. The standard InChI is InChI=1S/C21H36N4O4/c1-14(2)18(24(7)19(27)12-22-13-26)11-16(5)20(28)25-10-8-9-17(25)21(29)23(6)15(3)4/h11,13-15,17-18H,8-10,12H2,1-7H3,(H,22,26)/b16-11+/t17-,18+/m0/s1. The Balaban J connectivity index is 3.00. The molecule has 1 N–H and O–H groups in total. The van der Waals surface area contributed by atoms with Crippen molar-refractivity contribution in [2.75, 3.05) is 27.2 Å². The average molecular weight is 409 g/mol. The lowest BCUT2D eigenvalue weighted by Gasteiger charge is -2.32. The number of carbonyl (C=O) groups is 4. The Morgan fingerprint density at radius 2 is 1.76 bits per heavy atom. The van der Waals surface area contributed by atoms with E-state index in [4.69, 9.17) is 0 Å². The van der Waals surface area contributed by atoms with Crippen LogP contribution in [0.15, 0.2) is 11.6 Å². The molecule has 0 unspecified atom stereocenters. The van der Waals surface area contributed by atoms with Gasteiger partial charge in [0.05, 0.1) is 12.6 Å². The zero-order chi connectivity index (χ0) is 22.3. The number of likely N-dealkylation sites (tertiary alicyclic amines) is 1. The Morgan fingerprint density at radius 1 is 1.14 bits per heavy atom. The van der Waals surface area contributed by atoms with Gasteiger partial charge in [0.25, 0.3) is 0 Å². The van der Waals surface area contributed by atoms with Gasteiger partial charge in [-0.15, -0.1) is 0 Å². The SMILES string of the molecule is C/C(=C\[C@H](C(C)C)N(C)C(=O)CNC=O)C(=O)N1CCC[C@H]1C(=O)N(C)C(C)C. The van der Waals surface area contributed by atoms with Crippen LogP contribution in [0.2, 0.25) is 0 Å². The molecule has 2 atom stereocenters. The number of carbonyl (C=O) groups excluding carboxylic acids is 4. The van der Waals surface area contributed by atoms with Crippen molar-refractivity contribution in [2.24, 2.45) is 5.92 Å². The van der Waals surface area contributed by atoms with E-state index in [0.29, 0.717) is 24.9 Å². The normalized spacial score (nSPS) is 18.0. The molecule has 1 saturated heterocycles. The topological polar surface area (TPSA) is 90.0 Å². The molecule has 8 heteroatoms. The van der Waals surface area contributed by atoms with Crippen LogP contribution >= 0.6 is 0 Å². The van der Waals surface area contributed by atoms with E-state index in [9.17, 15) is 19.2 Å². The second kappa shape index (κ2) is 11.0. The lowest BCUT2D eigenvalue weighted by atomic mass is 9.99. The fraction of sp³-hybridized carbons (Fsp3) is 0.714. The molecule has 164 valence electrons. The number of nitrogens with one attached hydrogen (secondary N) is 1. The molecule has 1 aliphatic heterocycles. The zero-order valence-corrected chi connectivity index (χ0v) is 18.8. The fourth-order valence-electron chi connectivity index (χ4n) is 3.48. The predicted octanol–water partition coefficient (Wildman–Crippen LogP) is 1.02. The Morgan fingerprint density at radius 3 is 2.28 bits per heavy atom. The summed E-state index contributed by atoms with van der Waals surface area (Å²) in [5.74, 6) is -0.368. The maximum atomic E-state index is 13.1. The number of amides is 4. The summed E-state index contributed by atoms with van der Waals surface area (Å²) in [6.45, 7) is 10.0. The molecule has 1 aliphatic rings. The van der Waals surface area contributed by atoms with Crippen LogP contribution in [0.1, 0.15) is 47.5 Å². The Hall–Kier alpha value is -2.38. The van der Waals surface area contributed by atoms with Crippen molar-refractivity contribution < 1.29 is 19.2 Å². The molecular formula is C21H36N4O4. The second-order valence-corrected chi connectivity index (χ2v) is 8.29. The average Bonchev–Trinajstić information content (AvgIpc) is 3.16. The van der Waals surface area contributed by atoms with Crippen molar-refractivity contribution >= 4 is 24.1 Å². The lowest BCUT2D eigenvalue weighted by molar-refractivity contribution is -0.142. The molecule has 1 fully saturated rings. The molecule has 4 amide bonds. The Bertz CT molecular complexity index is 645. The monoisotopic (exact) mass is 408 g/mol. The number of rotatable bonds is 9. The molecule has 0 aromatic carbocycles. The molecule has 0 aliphatic carbocycles.